The van der Waals surface area contributed by atoms with Crippen LogP contribution in [-0.4, -0.2) is 29.2 Å². The third kappa shape index (κ3) is 3.94. The third-order valence-corrected chi connectivity index (χ3v) is 2.42. The van der Waals surface area contributed by atoms with E-state index in [0.29, 0.717) is 11.8 Å². The summed E-state index contributed by atoms with van der Waals surface area (Å²) < 4.78 is 5.43. The normalized spacial score (nSPS) is 10.8. The van der Waals surface area contributed by atoms with E-state index < -0.39 is 0 Å². The molecule has 0 aliphatic carbocycles. The van der Waals surface area contributed by atoms with Crippen LogP contribution < -0.4 is 5.32 Å². The highest BCUT2D eigenvalue weighted by molar-refractivity contribution is 6.30. The van der Waals surface area contributed by atoms with Crippen molar-refractivity contribution in [3.05, 3.63) is 17.0 Å². The van der Waals surface area contributed by atoms with E-state index in [1.54, 1.807) is 0 Å². The van der Waals surface area contributed by atoms with Crippen molar-refractivity contribution < 1.29 is 4.74 Å². The number of nitrogens with one attached hydrogen (secondary N) is 1. The lowest BCUT2D eigenvalue weighted by atomic mass is 10.2. The SMILES string of the molecule is CCc1c(Cl)ncnc1NCCOC(C)C. The van der Waals surface area contributed by atoms with Gasteiger partial charge in [-0.2, -0.15) is 0 Å². The van der Waals surface area contributed by atoms with E-state index in [9.17, 15) is 0 Å². The maximum absolute atomic E-state index is 5.97. The van der Waals surface area contributed by atoms with Gasteiger partial charge in [0.15, 0.2) is 0 Å². The summed E-state index contributed by atoms with van der Waals surface area (Å²) in [6.07, 6.45) is 2.53. The van der Waals surface area contributed by atoms with Crippen molar-refractivity contribution in [3.8, 4) is 0 Å². The number of aromatic nitrogens is 2. The Morgan fingerprint density at radius 1 is 1.44 bits per heavy atom. The van der Waals surface area contributed by atoms with E-state index in [1.807, 2.05) is 20.8 Å². The molecular weight excluding hydrogens is 226 g/mol. The molecular formula is C11H18ClN3O. The molecule has 0 aromatic carbocycles. The lowest BCUT2D eigenvalue weighted by molar-refractivity contribution is 0.0870. The van der Waals surface area contributed by atoms with E-state index in [4.69, 9.17) is 16.3 Å². The molecule has 1 rings (SSSR count). The molecule has 4 nitrogen and oxygen atoms in total. The van der Waals surface area contributed by atoms with Gasteiger partial charge in [-0.3, -0.25) is 0 Å². The smallest absolute Gasteiger partial charge is 0.137 e. The summed E-state index contributed by atoms with van der Waals surface area (Å²) in [6, 6.07) is 0. The Labute approximate surface area is 101 Å². The van der Waals surface area contributed by atoms with Gasteiger partial charge in [-0.1, -0.05) is 18.5 Å². The van der Waals surface area contributed by atoms with Crippen LogP contribution in [0.2, 0.25) is 5.15 Å². The molecule has 0 aliphatic heterocycles. The number of halogens is 1. The fraction of sp³-hybridized carbons (Fsp3) is 0.636. The van der Waals surface area contributed by atoms with E-state index in [-0.39, 0.29) is 6.10 Å². The molecule has 90 valence electrons. The molecule has 1 heterocycles. The molecule has 0 atom stereocenters. The zero-order valence-corrected chi connectivity index (χ0v) is 10.7. The first kappa shape index (κ1) is 13.2. The molecule has 0 aliphatic rings. The molecule has 1 N–H and O–H groups in total. The second-order valence-electron chi connectivity index (χ2n) is 3.69. The van der Waals surface area contributed by atoms with Gasteiger partial charge in [-0.25, -0.2) is 9.97 Å². The Bertz CT molecular complexity index is 331. The topological polar surface area (TPSA) is 47.0 Å². The highest BCUT2D eigenvalue weighted by Gasteiger charge is 2.06. The maximum Gasteiger partial charge on any atom is 0.137 e. The van der Waals surface area contributed by atoms with Gasteiger partial charge in [0.25, 0.3) is 0 Å². The van der Waals surface area contributed by atoms with Crippen LogP contribution in [0.5, 0.6) is 0 Å². The van der Waals surface area contributed by atoms with Crippen LogP contribution in [-0.2, 0) is 11.2 Å². The first-order chi connectivity index (χ1) is 7.65. The summed E-state index contributed by atoms with van der Waals surface area (Å²) in [5, 5.41) is 3.72. The summed E-state index contributed by atoms with van der Waals surface area (Å²) in [7, 11) is 0. The van der Waals surface area contributed by atoms with Gasteiger partial charge >= 0.3 is 0 Å². The van der Waals surface area contributed by atoms with E-state index in [0.717, 1.165) is 24.3 Å². The largest absolute Gasteiger partial charge is 0.377 e. The van der Waals surface area contributed by atoms with Gasteiger partial charge in [-0.05, 0) is 20.3 Å². The minimum Gasteiger partial charge on any atom is -0.377 e. The first-order valence-electron chi connectivity index (χ1n) is 5.50. The highest BCUT2D eigenvalue weighted by atomic mass is 35.5. The summed E-state index contributed by atoms with van der Waals surface area (Å²) in [5.41, 5.74) is 0.953. The molecule has 5 heteroatoms. The van der Waals surface area contributed by atoms with Crippen molar-refractivity contribution in [1.29, 1.82) is 0 Å². The fourth-order valence-corrected chi connectivity index (χ4v) is 1.59. The standard InChI is InChI=1S/C11H18ClN3O/c1-4-9-10(12)14-7-15-11(9)13-5-6-16-8(2)3/h7-8H,4-6H2,1-3H3,(H,13,14,15). The van der Waals surface area contributed by atoms with Gasteiger partial charge in [0.05, 0.1) is 12.7 Å². The third-order valence-electron chi connectivity index (χ3n) is 2.09. The van der Waals surface area contributed by atoms with Crippen LogP contribution in [0, 0.1) is 0 Å². The minimum atomic E-state index is 0.251. The summed E-state index contributed by atoms with van der Waals surface area (Å²) in [5.74, 6) is 0.801. The number of ether oxygens (including phenoxy) is 1. The van der Waals surface area contributed by atoms with Gasteiger partial charge in [0.2, 0.25) is 0 Å². The van der Waals surface area contributed by atoms with Gasteiger partial charge in [0.1, 0.15) is 17.3 Å². The van der Waals surface area contributed by atoms with Gasteiger partial charge in [0, 0.05) is 12.1 Å². The lowest BCUT2D eigenvalue weighted by Gasteiger charge is -2.11. The van der Waals surface area contributed by atoms with Crippen molar-refractivity contribution in [2.45, 2.75) is 33.3 Å². The van der Waals surface area contributed by atoms with Crippen LogP contribution in [0.4, 0.5) is 5.82 Å². The second-order valence-corrected chi connectivity index (χ2v) is 4.05. The monoisotopic (exact) mass is 243 g/mol. The van der Waals surface area contributed by atoms with Crippen molar-refractivity contribution in [2.75, 3.05) is 18.5 Å². The first-order valence-corrected chi connectivity index (χ1v) is 5.87. The molecule has 0 spiro atoms. The maximum atomic E-state index is 5.97. The summed E-state index contributed by atoms with van der Waals surface area (Å²) >= 11 is 5.97. The molecule has 0 fully saturated rings. The lowest BCUT2D eigenvalue weighted by Crippen LogP contribution is -2.15. The van der Waals surface area contributed by atoms with Crippen molar-refractivity contribution >= 4 is 17.4 Å². The number of hydrogen-bond acceptors (Lipinski definition) is 4. The Morgan fingerprint density at radius 3 is 2.81 bits per heavy atom. The molecule has 0 bridgehead atoms. The average Bonchev–Trinajstić information content (AvgIpc) is 2.24. The van der Waals surface area contributed by atoms with Crippen LogP contribution in [0.3, 0.4) is 0 Å². The summed E-state index contributed by atoms with van der Waals surface area (Å²) in [4.78, 5) is 8.11. The second kappa shape index (κ2) is 6.66. The molecule has 0 saturated heterocycles. The Balaban J connectivity index is 2.50. The molecule has 1 aromatic rings. The predicted molar refractivity (Wildman–Crippen MR) is 66.0 cm³/mol. The zero-order chi connectivity index (χ0) is 12.0. The number of nitrogens with zero attached hydrogens (tertiary/aromatic N) is 2. The van der Waals surface area contributed by atoms with Crippen LogP contribution in [0.15, 0.2) is 6.33 Å². The van der Waals surface area contributed by atoms with E-state index in [1.165, 1.54) is 6.33 Å². The minimum absolute atomic E-state index is 0.251. The highest BCUT2D eigenvalue weighted by Crippen LogP contribution is 2.19. The van der Waals surface area contributed by atoms with E-state index >= 15 is 0 Å². The van der Waals surface area contributed by atoms with Crippen LogP contribution in [0.1, 0.15) is 26.3 Å². The number of anilines is 1. The molecule has 0 amide bonds. The Kier molecular flexibility index (Phi) is 5.49. The summed E-state index contributed by atoms with van der Waals surface area (Å²) in [6.45, 7) is 7.43. The molecule has 0 saturated carbocycles. The van der Waals surface area contributed by atoms with E-state index in [2.05, 4.69) is 15.3 Å². The molecule has 0 unspecified atom stereocenters. The van der Waals surface area contributed by atoms with Crippen molar-refractivity contribution in [3.63, 3.8) is 0 Å². The quantitative estimate of drug-likeness (QED) is 0.616. The van der Waals surface area contributed by atoms with Gasteiger partial charge in [-0.15, -0.1) is 0 Å². The molecule has 1 aromatic heterocycles. The Hall–Kier alpha value is -0.870. The molecule has 0 radical (unpaired) electrons. The predicted octanol–water partition coefficient (Wildman–Crippen LogP) is 2.53. The zero-order valence-electron chi connectivity index (χ0n) is 9.96. The Morgan fingerprint density at radius 2 is 2.19 bits per heavy atom. The van der Waals surface area contributed by atoms with Crippen molar-refractivity contribution in [2.24, 2.45) is 0 Å². The number of hydrogen-bond donors (Lipinski definition) is 1. The van der Waals surface area contributed by atoms with Crippen molar-refractivity contribution in [1.82, 2.24) is 9.97 Å². The van der Waals surface area contributed by atoms with Crippen LogP contribution in [0.25, 0.3) is 0 Å². The van der Waals surface area contributed by atoms with Gasteiger partial charge < -0.3 is 10.1 Å². The number of rotatable bonds is 6. The van der Waals surface area contributed by atoms with Crippen LogP contribution >= 0.6 is 11.6 Å². The fourth-order valence-electron chi connectivity index (χ4n) is 1.32. The molecule has 16 heavy (non-hydrogen) atoms. The average molecular weight is 244 g/mol.